The van der Waals surface area contributed by atoms with Crippen molar-refractivity contribution >= 4 is 15.9 Å². The molecule has 242 valence electrons. The number of amides is 1. The number of pyridine rings is 1. The highest BCUT2D eigenvalue weighted by molar-refractivity contribution is 7.91. The van der Waals surface area contributed by atoms with E-state index in [4.69, 9.17) is 23.9 Å². The molecule has 2 N–H and O–H groups in total. The number of piperidine rings is 1. The lowest BCUT2D eigenvalue weighted by molar-refractivity contribution is -0.157. The van der Waals surface area contributed by atoms with Crippen LogP contribution in [-0.4, -0.2) is 83.5 Å². The van der Waals surface area contributed by atoms with Crippen molar-refractivity contribution in [3.63, 3.8) is 0 Å². The van der Waals surface area contributed by atoms with Crippen molar-refractivity contribution in [1.29, 1.82) is 0 Å². The van der Waals surface area contributed by atoms with Crippen molar-refractivity contribution in [3.8, 4) is 17.1 Å². The van der Waals surface area contributed by atoms with E-state index in [9.17, 15) is 18.4 Å². The van der Waals surface area contributed by atoms with Gasteiger partial charge in [0.2, 0.25) is 15.9 Å². The van der Waals surface area contributed by atoms with Crippen LogP contribution in [0.5, 0.6) is 5.88 Å². The minimum atomic E-state index is -4.12. The second-order valence-corrected chi connectivity index (χ2v) is 15.7. The van der Waals surface area contributed by atoms with Gasteiger partial charge >= 0.3 is 0 Å². The highest BCUT2D eigenvalue weighted by Gasteiger charge is 2.64. The summed E-state index contributed by atoms with van der Waals surface area (Å²) in [7, 11) is -4.12. The summed E-state index contributed by atoms with van der Waals surface area (Å²) >= 11 is 0. The van der Waals surface area contributed by atoms with E-state index in [1.165, 1.54) is 4.31 Å². The number of nitrogens with one attached hydrogen (secondary N) is 1. The van der Waals surface area contributed by atoms with Crippen LogP contribution in [0, 0.1) is 6.92 Å². The summed E-state index contributed by atoms with van der Waals surface area (Å²) in [5, 5.41) is 9.52. The van der Waals surface area contributed by atoms with Crippen molar-refractivity contribution < 1.29 is 37.4 Å². The fourth-order valence-corrected chi connectivity index (χ4v) is 8.86. The molecule has 3 aliphatic rings. The number of aryl methyl sites for hydroxylation is 1. The maximum atomic E-state index is 14.0. The molecule has 0 spiro atoms. The van der Waals surface area contributed by atoms with Gasteiger partial charge in [0.1, 0.15) is 6.61 Å². The number of rotatable bonds is 9. The second kappa shape index (κ2) is 12.3. The third-order valence-corrected chi connectivity index (χ3v) is 11.3. The molecule has 0 bridgehead atoms. The molecule has 1 aliphatic carbocycles. The lowest BCUT2D eigenvalue weighted by Crippen LogP contribution is -2.57. The topological polar surface area (TPSA) is 137 Å². The number of hydrogen-bond acceptors (Lipinski definition) is 9. The Kier molecular flexibility index (Phi) is 9.16. The zero-order valence-corrected chi connectivity index (χ0v) is 27.3. The van der Waals surface area contributed by atoms with Crippen LogP contribution in [-0.2, 0) is 29.0 Å². The molecule has 44 heavy (non-hydrogen) atoms. The second-order valence-electron chi connectivity index (χ2n) is 13.5. The molecule has 1 aromatic carbocycles. The van der Waals surface area contributed by atoms with Crippen LogP contribution in [0.25, 0.3) is 11.3 Å². The Hall–Kier alpha value is -2.61. The van der Waals surface area contributed by atoms with Gasteiger partial charge in [0.15, 0.2) is 10.5 Å². The van der Waals surface area contributed by atoms with E-state index in [1.807, 2.05) is 45.9 Å². The molecule has 3 fully saturated rings. The number of nitrogens with zero attached hydrogens (tertiary/aromatic N) is 2. The summed E-state index contributed by atoms with van der Waals surface area (Å²) in [6, 6.07) is 12.0. The van der Waals surface area contributed by atoms with Gasteiger partial charge in [-0.25, -0.2) is 23.2 Å². The Labute approximate surface area is 260 Å². The molecule has 11 nitrogen and oxygen atoms in total. The molecule has 1 amide bonds. The molecule has 0 unspecified atom stereocenters. The van der Waals surface area contributed by atoms with Gasteiger partial charge in [-0.3, -0.25) is 10.0 Å². The fraction of sp³-hybridized carbons (Fsp3) is 0.625. The molecule has 12 heteroatoms. The Morgan fingerprint density at radius 1 is 1.09 bits per heavy atom. The maximum absolute atomic E-state index is 14.0. The van der Waals surface area contributed by atoms with E-state index in [-0.39, 0.29) is 37.5 Å². The third-order valence-electron chi connectivity index (χ3n) is 8.74. The molecule has 0 radical (unpaired) electrons. The third kappa shape index (κ3) is 6.66. The smallest absolute Gasteiger partial charge is 0.266 e. The van der Waals surface area contributed by atoms with E-state index in [0.717, 1.165) is 22.4 Å². The molecule has 1 saturated carbocycles. The SMILES string of the molecule is Cc1cc(C2CCN(S(=O)(=O)[C@]3(C(=O)NO)C[C@@H]4OC(C)(C)O[C@@H]4C3)CC2)ccc1-c1cccc(OCCOC(C)(C)C)n1. The summed E-state index contributed by atoms with van der Waals surface area (Å²) in [6.45, 7) is 13.0. The average molecular weight is 632 g/mol. The summed E-state index contributed by atoms with van der Waals surface area (Å²) in [6.07, 6.45) is 0.00324. The molecular weight excluding hydrogens is 586 g/mol. The first-order valence-corrected chi connectivity index (χ1v) is 16.7. The summed E-state index contributed by atoms with van der Waals surface area (Å²) in [5.41, 5.74) is 5.40. The first-order valence-electron chi connectivity index (χ1n) is 15.3. The van der Waals surface area contributed by atoms with E-state index in [2.05, 4.69) is 18.2 Å². The number of hydroxylamine groups is 1. The number of hydrogen-bond donors (Lipinski definition) is 2. The van der Waals surface area contributed by atoms with Gasteiger partial charge in [0.05, 0.1) is 30.1 Å². The number of carbonyl (C=O) groups excluding carboxylic acids is 1. The monoisotopic (exact) mass is 631 g/mol. The molecule has 3 heterocycles. The normalized spacial score (nSPS) is 26.0. The largest absolute Gasteiger partial charge is 0.475 e. The van der Waals surface area contributed by atoms with Crippen LogP contribution >= 0.6 is 0 Å². The molecule has 1 aromatic heterocycles. The van der Waals surface area contributed by atoms with Gasteiger partial charge in [0.25, 0.3) is 5.91 Å². The molecular formula is C32H45N3O8S. The predicted molar refractivity (Wildman–Crippen MR) is 164 cm³/mol. The Balaban J connectivity index is 1.24. The van der Waals surface area contributed by atoms with Crippen molar-refractivity contribution in [2.45, 2.75) is 101 Å². The molecule has 3 atom stereocenters. The lowest BCUT2D eigenvalue weighted by Gasteiger charge is -2.38. The van der Waals surface area contributed by atoms with E-state index < -0.39 is 38.7 Å². The van der Waals surface area contributed by atoms with Crippen LogP contribution in [0.3, 0.4) is 0 Å². The first-order chi connectivity index (χ1) is 20.6. The quantitative estimate of drug-likeness (QED) is 0.236. The standard InChI is InChI=1S/C32H45N3O8S/c1-21-18-23(10-11-24(21)25-8-7-9-28(33-25)40-16-17-41-30(2,3)4)22-12-14-35(15-13-22)44(38,39)32(29(36)34-37)19-26-27(20-32)43-31(5,6)42-26/h7-11,18,22,26-27,37H,12-17,19-20H2,1-6H3,(H,34,36)/t26-,27+,32+. The van der Waals surface area contributed by atoms with Gasteiger partial charge in [-0.2, -0.15) is 0 Å². The molecule has 5 rings (SSSR count). The van der Waals surface area contributed by atoms with Crippen molar-refractivity contribution in [2.75, 3.05) is 26.3 Å². The van der Waals surface area contributed by atoms with E-state index >= 15 is 0 Å². The maximum Gasteiger partial charge on any atom is 0.266 e. The Bertz CT molecular complexity index is 1450. The summed E-state index contributed by atoms with van der Waals surface area (Å²) < 4.78 is 50.8. The number of sulfonamides is 1. The Morgan fingerprint density at radius 3 is 2.34 bits per heavy atom. The number of benzene rings is 1. The van der Waals surface area contributed by atoms with Crippen LogP contribution < -0.4 is 10.2 Å². The van der Waals surface area contributed by atoms with Crippen LogP contribution in [0.4, 0.5) is 0 Å². The summed E-state index contributed by atoms with van der Waals surface area (Å²) in [5.74, 6) is -1.08. The van der Waals surface area contributed by atoms with Crippen LogP contribution in [0.2, 0.25) is 0 Å². The van der Waals surface area contributed by atoms with Gasteiger partial charge in [-0.05, 0) is 77.5 Å². The van der Waals surface area contributed by atoms with Gasteiger partial charge in [-0.1, -0.05) is 24.3 Å². The van der Waals surface area contributed by atoms with Gasteiger partial charge < -0.3 is 18.9 Å². The zero-order valence-electron chi connectivity index (χ0n) is 26.5. The lowest BCUT2D eigenvalue weighted by atomic mass is 9.88. The number of carbonyl (C=O) groups is 1. The predicted octanol–water partition coefficient (Wildman–Crippen LogP) is 4.32. The minimum Gasteiger partial charge on any atom is -0.475 e. The number of aromatic nitrogens is 1. The van der Waals surface area contributed by atoms with Crippen LogP contribution in [0.1, 0.15) is 77.3 Å². The van der Waals surface area contributed by atoms with Crippen molar-refractivity contribution in [1.82, 2.24) is 14.8 Å². The van der Waals surface area contributed by atoms with E-state index in [0.29, 0.717) is 31.9 Å². The van der Waals surface area contributed by atoms with E-state index in [1.54, 1.807) is 19.3 Å². The Morgan fingerprint density at radius 2 is 1.75 bits per heavy atom. The summed E-state index contributed by atoms with van der Waals surface area (Å²) in [4.78, 5) is 17.6. The first kappa shape index (κ1) is 32.8. The zero-order chi connectivity index (χ0) is 31.9. The van der Waals surface area contributed by atoms with Crippen molar-refractivity contribution in [2.24, 2.45) is 0 Å². The van der Waals surface area contributed by atoms with Gasteiger partial charge in [-0.15, -0.1) is 0 Å². The molecule has 2 aromatic rings. The number of ether oxygens (including phenoxy) is 4. The minimum absolute atomic E-state index is 0.0681. The molecule has 2 saturated heterocycles. The highest BCUT2D eigenvalue weighted by atomic mass is 32.2. The van der Waals surface area contributed by atoms with Crippen molar-refractivity contribution in [3.05, 3.63) is 47.5 Å². The van der Waals surface area contributed by atoms with Crippen LogP contribution in [0.15, 0.2) is 36.4 Å². The fourth-order valence-electron chi connectivity index (χ4n) is 6.65. The molecule has 2 aliphatic heterocycles. The van der Waals surface area contributed by atoms with Gasteiger partial charge in [0, 0.05) is 37.6 Å². The highest BCUT2D eigenvalue weighted by Crippen LogP contribution is 2.48. The average Bonchev–Trinajstić information content (AvgIpc) is 3.46. The number of fused-ring (bicyclic) bond motifs is 1.